The normalized spacial score (nSPS) is 18.2. The average molecular weight is 318 g/mol. The number of benzene rings is 1. The molecule has 4 heteroatoms. The monoisotopic (exact) mass is 318 g/mol. The lowest BCUT2D eigenvalue weighted by atomic mass is 10.1. The molecule has 1 aromatic rings. The highest BCUT2D eigenvalue weighted by atomic mass is 19.1. The van der Waals surface area contributed by atoms with Gasteiger partial charge in [-0.05, 0) is 38.8 Å². The van der Waals surface area contributed by atoms with E-state index in [1.54, 1.807) is 12.1 Å². The minimum atomic E-state index is -0.296. The first-order valence-corrected chi connectivity index (χ1v) is 8.32. The Morgan fingerprint density at radius 2 is 2.22 bits per heavy atom. The van der Waals surface area contributed by atoms with E-state index in [1.807, 2.05) is 25.7 Å². The summed E-state index contributed by atoms with van der Waals surface area (Å²) in [5.74, 6) is -0.283. The molecule has 1 atom stereocenters. The molecular formula is C19H27FN2O. The van der Waals surface area contributed by atoms with Gasteiger partial charge in [-0.3, -0.25) is 9.69 Å². The Balaban J connectivity index is 2.02. The Labute approximate surface area is 138 Å². The Hall–Kier alpha value is -1.68. The highest BCUT2D eigenvalue weighted by Gasteiger charge is 2.29. The maximum atomic E-state index is 13.9. The first kappa shape index (κ1) is 17.7. The van der Waals surface area contributed by atoms with Crippen LogP contribution in [-0.4, -0.2) is 47.9 Å². The van der Waals surface area contributed by atoms with Crippen LogP contribution in [0.5, 0.6) is 0 Å². The Morgan fingerprint density at radius 1 is 1.48 bits per heavy atom. The van der Waals surface area contributed by atoms with Gasteiger partial charge in [0.2, 0.25) is 5.91 Å². The third-order valence-corrected chi connectivity index (χ3v) is 4.39. The number of likely N-dealkylation sites (tertiary alicyclic amines) is 1. The molecule has 0 N–H and O–H groups in total. The largest absolute Gasteiger partial charge is 0.338 e. The molecule has 1 heterocycles. The molecule has 126 valence electrons. The van der Waals surface area contributed by atoms with Gasteiger partial charge >= 0.3 is 0 Å². The van der Waals surface area contributed by atoms with E-state index in [-0.39, 0.29) is 24.2 Å². The molecule has 0 aliphatic carbocycles. The predicted molar refractivity (Wildman–Crippen MR) is 91.9 cm³/mol. The van der Waals surface area contributed by atoms with Crippen LogP contribution in [0.4, 0.5) is 4.39 Å². The molecule has 1 fully saturated rings. The van der Waals surface area contributed by atoms with Crippen molar-refractivity contribution in [2.45, 2.75) is 39.7 Å². The van der Waals surface area contributed by atoms with Crippen LogP contribution in [0, 0.1) is 12.7 Å². The van der Waals surface area contributed by atoms with Gasteiger partial charge in [-0.15, -0.1) is 0 Å². The fourth-order valence-electron chi connectivity index (χ4n) is 3.33. The number of amides is 1. The van der Waals surface area contributed by atoms with Gasteiger partial charge in [0.05, 0.1) is 6.42 Å². The van der Waals surface area contributed by atoms with Crippen LogP contribution in [0.15, 0.2) is 30.4 Å². The van der Waals surface area contributed by atoms with Crippen molar-refractivity contribution < 1.29 is 9.18 Å². The summed E-state index contributed by atoms with van der Waals surface area (Å²) in [6.07, 6.45) is 1.11. The molecule has 1 saturated heterocycles. The summed E-state index contributed by atoms with van der Waals surface area (Å²) in [5.41, 5.74) is 2.61. The molecule has 0 radical (unpaired) electrons. The molecule has 0 saturated carbocycles. The molecule has 1 unspecified atom stereocenters. The fraction of sp³-hybridized carbons (Fsp3) is 0.526. The van der Waals surface area contributed by atoms with Gasteiger partial charge in [0, 0.05) is 32.2 Å². The van der Waals surface area contributed by atoms with Crippen LogP contribution in [-0.2, 0) is 11.2 Å². The van der Waals surface area contributed by atoms with E-state index in [0.717, 1.165) is 37.2 Å². The van der Waals surface area contributed by atoms with Crippen molar-refractivity contribution >= 4 is 5.91 Å². The first-order chi connectivity index (χ1) is 10.9. The smallest absolute Gasteiger partial charge is 0.227 e. The second-order valence-electron chi connectivity index (χ2n) is 6.59. The third kappa shape index (κ3) is 4.64. The highest BCUT2D eigenvalue weighted by molar-refractivity contribution is 5.79. The number of hydrogen-bond acceptors (Lipinski definition) is 2. The summed E-state index contributed by atoms with van der Waals surface area (Å²) in [6, 6.07) is 5.16. The van der Waals surface area contributed by atoms with Gasteiger partial charge in [0.15, 0.2) is 0 Å². The maximum Gasteiger partial charge on any atom is 0.227 e. The lowest BCUT2D eigenvalue weighted by Gasteiger charge is -2.28. The number of rotatable bonds is 6. The van der Waals surface area contributed by atoms with Crippen LogP contribution >= 0.6 is 0 Å². The molecule has 1 aliphatic heterocycles. The Kier molecular flexibility index (Phi) is 5.94. The van der Waals surface area contributed by atoms with Gasteiger partial charge in [-0.25, -0.2) is 4.39 Å². The lowest BCUT2D eigenvalue weighted by Crippen LogP contribution is -2.42. The Morgan fingerprint density at radius 3 is 2.87 bits per heavy atom. The van der Waals surface area contributed by atoms with E-state index in [2.05, 4.69) is 11.5 Å². The topological polar surface area (TPSA) is 23.6 Å². The van der Waals surface area contributed by atoms with E-state index < -0.39 is 0 Å². The van der Waals surface area contributed by atoms with Gasteiger partial charge in [0.1, 0.15) is 5.82 Å². The van der Waals surface area contributed by atoms with E-state index in [0.29, 0.717) is 12.1 Å². The summed E-state index contributed by atoms with van der Waals surface area (Å²) >= 11 is 0. The second kappa shape index (κ2) is 7.73. The summed E-state index contributed by atoms with van der Waals surface area (Å²) in [7, 11) is 0. The molecule has 23 heavy (non-hydrogen) atoms. The van der Waals surface area contributed by atoms with Crippen molar-refractivity contribution in [3.8, 4) is 0 Å². The molecule has 2 rings (SSSR count). The predicted octanol–water partition coefficient (Wildman–Crippen LogP) is 3.18. The zero-order chi connectivity index (χ0) is 17.0. The van der Waals surface area contributed by atoms with E-state index >= 15 is 0 Å². The Bertz CT molecular complexity index is 585. The third-order valence-electron chi connectivity index (χ3n) is 4.39. The summed E-state index contributed by atoms with van der Waals surface area (Å²) in [4.78, 5) is 16.9. The standard InChI is InChI=1S/C19H27FN2O/c1-5-22(17-8-9-21(13-17)12-14(2)3)19(23)11-16-10-15(4)6-7-18(16)20/h6-7,10,17H,2,5,8-9,11-13H2,1,3-4H3. The number of aryl methyl sites for hydroxylation is 1. The second-order valence-corrected chi connectivity index (χ2v) is 6.59. The zero-order valence-electron chi connectivity index (χ0n) is 14.4. The van der Waals surface area contributed by atoms with Gasteiger partial charge in [0.25, 0.3) is 0 Å². The van der Waals surface area contributed by atoms with Gasteiger partial charge in [-0.1, -0.05) is 29.8 Å². The quantitative estimate of drug-likeness (QED) is 0.752. The minimum absolute atomic E-state index is 0.0131. The van der Waals surface area contributed by atoms with E-state index in [1.165, 1.54) is 6.07 Å². The molecular weight excluding hydrogens is 291 g/mol. The van der Waals surface area contributed by atoms with E-state index in [9.17, 15) is 9.18 Å². The zero-order valence-corrected chi connectivity index (χ0v) is 14.4. The molecule has 1 amide bonds. The molecule has 1 aliphatic rings. The number of carbonyl (C=O) groups excluding carboxylic acids is 1. The van der Waals surface area contributed by atoms with Crippen molar-refractivity contribution in [2.75, 3.05) is 26.2 Å². The van der Waals surface area contributed by atoms with Crippen LogP contribution < -0.4 is 0 Å². The van der Waals surface area contributed by atoms with Crippen molar-refractivity contribution in [1.29, 1.82) is 0 Å². The lowest BCUT2D eigenvalue weighted by molar-refractivity contribution is -0.132. The van der Waals surface area contributed by atoms with Gasteiger partial charge in [-0.2, -0.15) is 0 Å². The number of halogens is 1. The summed E-state index contributed by atoms with van der Waals surface area (Å²) in [6.45, 7) is 13.3. The van der Waals surface area contributed by atoms with Crippen molar-refractivity contribution in [2.24, 2.45) is 0 Å². The highest BCUT2D eigenvalue weighted by Crippen LogP contribution is 2.19. The summed E-state index contributed by atoms with van der Waals surface area (Å²) < 4.78 is 13.9. The minimum Gasteiger partial charge on any atom is -0.338 e. The van der Waals surface area contributed by atoms with Crippen LogP contribution in [0.1, 0.15) is 31.4 Å². The van der Waals surface area contributed by atoms with Crippen LogP contribution in [0.3, 0.4) is 0 Å². The van der Waals surface area contributed by atoms with Crippen LogP contribution in [0.2, 0.25) is 0 Å². The van der Waals surface area contributed by atoms with Crippen molar-refractivity contribution in [1.82, 2.24) is 9.80 Å². The molecule has 3 nitrogen and oxygen atoms in total. The van der Waals surface area contributed by atoms with Crippen LogP contribution in [0.25, 0.3) is 0 Å². The first-order valence-electron chi connectivity index (χ1n) is 8.32. The average Bonchev–Trinajstić information content (AvgIpc) is 2.91. The SMILES string of the molecule is C=C(C)CN1CCC(N(CC)C(=O)Cc2cc(C)ccc2F)C1. The molecule has 0 spiro atoms. The molecule has 1 aromatic carbocycles. The fourth-order valence-corrected chi connectivity index (χ4v) is 3.33. The van der Waals surface area contributed by atoms with Gasteiger partial charge < -0.3 is 4.90 Å². The molecule has 0 bridgehead atoms. The van der Waals surface area contributed by atoms with Crippen molar-refractivity contribution in [3.63, 3.8) is 0 Å². The summed E-state index contributed by atoms with van der Waals surface area (Å²) in [5, 5.41) is 0. The van der Waals surface area contributed by atoms with E-state index in [4.69, 9.17) is 0 Å². The maximum absolute atomic E-state index is 13.9. The number of likely N-dealkylation sites (N-methyl/N-ethyl adjacent to an activating group) is 1. The number of hydrogen-bond donors (Lipinski definition) is 0. The number of nitrogens with zero attached hydrogens (tertiary/aromatic N) is 2. The van der Waals surface area contributed by atoms with Crippen molar-refractivity contribution in [3.05, 3.63) is 47.3 Å². The molecule has 0 aromatic heterocycles. The number of carbonyl (C=O) groups is 1.